The number of halogens is 3. The van der Waals surface area contributed by atoms with Crippen molar-refractivity contribution in [3.63, 3.8) is 0 Å². The van der Waals surface area contributed by atoms with E-state index in [0.717, 1.165) is 24.8 Å². The summed E-state index contributed by atoms with van der Waals surface area (Å²) in [6, 6.07) is 14.2. The molecule has 1 amide bonds. The van der Waals surface area contributed by atoms with Gasteiger partial charge in [0.15, 0.2) is 0 Å². The molecule has 4 N–H and O–H groups in total. The van der Waals surface area contributed by atoms with E-state index in [-0.39, 0.29) is 22.8 Å². The molecule has 0 aliphatic heterocycles. The third-order valence-corrected chi connectivity index (χ3v) is 7.87. The fraction of sp³-hybridized carbons (Fsp3) is 0.0870. The molecular weight excluding hydrogens is 471 g/mol. The average Bonchev–Trinajstić information content (AvgIpc) is 3.16. The molecule has 0 radical (unpaired) electrons. The van der Waals surface area contributed by atoms with Crippen LogP contribution in [0.1, 0.15) is 16.1 Å². The van der Waals surface area contributed by atoms with Crippen molar-refractivity contribution in [2.75, 3.05) is 12.8 Å². The van der Waals surface area contributed by atoms with Crippen molar-refractivity contribution in [2.24, 2.45) is 0 Å². The highest BCUT2D eigenvalue weighted by molar-refractivity contribution is 7.75. The summed E-state index contributed by atoms with van der Waals surface area (Å²) in [5.74, 6) is -2.42. The van der Waals surface area contributed by atoms with Gasteiger partial charge in [0.2, 0.25) is 0 Å². The van der Waals surface area contributed by atoms with Gasteiger partial charge in [0.1, 0.15) is 17.3 Å². The Hall–Kier alpha value is -3.19. The average molecular weight is 490 g/mol. The van der Waals surface area contributed by atoms with Crippen LogP contribution in [0.25, 0.3) is 10.9 Å². The van der Waals surface area contributed by atoms with Crippen molar-refractivity contribution in [2.45, 2.75) is 6.54 Å². The molecule has 1 unspecified atom stereocenters. The highest BCUT2D eigenvalue weighted by atomic mass is 35.5. The minimum absolute atomic E-state index is 0.0256. The van der Waals surface area contributed by atoms with Crippen molar-refractivity contribution >= 4 is 52.1 Å². The molecule has 4 aromatic rings. The van der Waals surface area contributed by atoms with Gasteiger partial charge in [-0.2, -0.15) is 0 Å². The van der Waals surface area contributed by atoms with Crippen LogP contribution in [0.4, 0.5) is 14.5 Å². The van der Waals surface area contributed by atoms with E-state index < -0.39 is 24.9 Å². The summed E-state index contributed by atoms with van der Waals surface area (Å²) in [5.41, 5.74) is 7.47. The largest absolute Gasteiger partial charge is 0.399 e. The molecule has 1 aromatic heterocycles. The third-order valence-electron chi connectivity index (χ3n) is 5.13. The second-order valence-corrected chi connectivity index (χ2v) is 10.2. The molecule has 0 saturated heterocycles. The Morgan fingerprint density at radius 3 is 2.39 bits per heavy atom. The number of nitrogens with two attached hydrogens (primary N) is 1. The van der Waals surface area contributed by atoms with Crippen LogP contribution in [0, 0.1) is 11.6 Å². The maximum absolute atomic E-state index is 14.1. The van der Waals surface area contributed by atoms with Gasteiger partial charge in [0.05, 0.1) is 5.30 Å². The second kappa shape index (κ2) is 8.98. The van der Waals surface area contributed by atoms with Crippen molar-refractivity contribution in [3.05, 3.63) is 88.6 Å². The zero-order chi connectivity index (χ0) is 23.8. The highest BCUT2D eigenvalue weighted by Crippen LogP contribution is 2.47. The Kier molecular flexibility index (Phi) is 6.26. The van der Waals surface area contributed by atoms with Crippen LogP contribution in [-0.2, 0) is 15.6 Å². The molecule has 1 heterocycles. The van der Waals surface area contributed by atoms with E-state index >= 15 is 0 Å². The number of benzene rings is 3. The number of amides is 1. The summed E-state index contributed by atoms with van der Waals surface area (Å²) < 4.78 is 47.4. The van der Waals surface area contributed by atoms with Crippen LogP contribution >= 0.6 is 19.0 Å². The maximum Gasteiger partial charge on any atom is 0.268 e. The van der Waals surface area contributed by atoms with E-state index in [0.29, 0.717) is 27.7 Å². The van der Waals surface area contributed by atoms with Crippen molar-refractivity contribution in [1.82, 2.24) is 10.3 Å². The van der Waals surface area contributed by atoms with Crippen LogP contribution < -0.4 is 21.7 Å². The molecule has 170 valence electrons. The highest BCUT2D eigenvalue weighted by Gasteiger charge is 2.36. The first kappa shape index (κ1) is 23.0. The van der Waals surface area contributed by atoms with E-state index in [4.69, 9.17) is 21.9 Å². The summed E-state index contributed by atoms with van der Waals surface area (Å²) >= 11 is 6.15. The Bertz CT molecular complexity index is 1390. The van der Waals surface area contributed by atoms with Gasteiger partial charge in [-0.15, -0.1) is 0 Å². The standard InChI is InChI=1S/C23H19ClF2N3O3P/c1-32-33(31,18-10-15(25)9-16(26)11-18)22-19-8-14(24)4-7-20(19)29-21(22)23(30)28-12-13-2-5-17(27)6-3-13/h2-11,29H,12,27H2,1H3,(H,28,30). The number of aromatic amines is 1. The smallest absolute Gasteiger partial charge is 0.268 e. The predicted molar refractivity (Wildman–Crippen MR) is 126 cm³/mol. The first-order valence-corrected chi connectivity index (χ1v) is 11.8. The van der Waals surface area contributed by atoms with Crippen LogP contribution in [0.5, 0.6) is 0 Å². The van der Waals surface area contributed by atoms with Crippen LogP contribution in [-0.4, -0.2) is 18.0 Å². The zero-order valence-corrected chi connectivity index (χ0v) is 19.0. The lowest BCUT2D eigenvalue weighted by atomic mass is 10.2. The quantitative estimate of drug-likeness (QED) is 0.275. The molecule has 0 aliphatic carbocycles. The van der Waals surface area contributed by atoms with Crippen LogP contribution in [0.2, 0.25) is 5.02 Å². The van der Waals surface area contributed by atoms with Gasteiger partial charge in [-0.25, -0.2) is 8.78 Å². The van der Waals surface area contributed by atoms with E-state index in [1.54, 1.807) is 36.4 Å². The number of H-pyrrole nitrogens is 1. The molecule has 0 bridgehead atoms. The minimum Gasteiger partial charge on any atom is -0.399 e. The fourth-order valence-corrected chi connectivity index (χ4v) is 5.93. The normalized spacial score (nSPS) is 13.1. The van der Waals surface area contributed by atoms with Gasteiger partial charge in [-0.05, 0) is 48.0 Å². The molecule has 0 spiro atoms. The van der Waals surface area contributed by atoms with E-state index in [1.165, 1.54) is 6.07 Å². The van der Waals surface area contributed by atoms with Gasteiger partial charge in [-0.1, -0.05) is 23.7 Å². The molecule has 3 aromatic carbocycles. The maximum atomic E-state index is 14.1. The van der Waals surface area contributed by atoms with Crippen molar-refractivity contribution < 1.29 is 22.7 Å². The Labute approximate surface area is 193 Å². The molecule has 0 aliphatic rings. The molecule has 0 saturated carbocycles. The van der Waals surface area contributed by atoms with Gasteiger partial charge in [0.25, 0.3) is 13.3 Å². The topological polar surface area (TPSA) is 97.2 Å². The lowest BCUT2D eigenvalue weighted by molar-refractivity contribution is 0.0947. The lowest BCUT2D eigenvalue weighted by Gasteiger charge is -2.18. The SMILES string of the molecule is COP(=O)(c1cc(F)cc(F)c1)c1c(C(=O)NCc2ccc(N)cc2)[nH]c2ccc(Cl)cc12. The van der Waals surface area contributed by atoms with E-state index in [9.17, 15) is 18.1 Å². The summed E-state index contributed by atoms with van der Waals surface area (Å²) in [4.78, 5) is 16.1. The molecule has 1 atom stereocenters. The summed E-state index contributed by atoms with van der Waals surface area (Å²) in [7, 11) is -2.96. The van der Waals surface area contributed by atoms with Gasteiger partial charge in [0, 0.05) is 46.6 Å². The van der Waals surface area contributed by atoms with Crippen LogP contribution in [0.15, 0.2) is 60.7 Å². The lowest BCUT2D eigenvalue weighted by Crippen LogP contribution is -2.30. The monoisotopic (exact) mass is 489 g/mol. The molecular formula is C23H19ClF2N3O3P. The molecule has 4 rings (SSSR count). The van der Waals surface area contributed by atoms with Crippen molar-refractivity contribution in [3.8, 4) is 0 Å². The number of hydrogen-bond acceptors (Lipinski definition) is 4. The number of nitrogen functional groups attached to an aromatic ring is 1. The first-order chi connectivity index (χ1) is 15.7. The number of hydrogen-bond donors (Lipinski definition) is 3. The zero-order valence-electron chi connectivity index (χ0n) is 17.4. The summed E-state index contributed by atoms with van der Waals surface area (Å²) in [6.07, 6.45) is 0. The van der Waals surface area contributed by atoms with Crippen LogP contribution in [0.3, 0.4) is 0 Å². The van der Waals surface area contributed by atoms with Gasteiger partial charge < -0.3 is 20.6 Å². The number of carbonyl (C=O) groups is 1. The van der Waals surface area contributed by atoms with Gasteiger partial charge in [-0.3, -0.25) is 9.36 Å². The molecule has 33 heavy (non-hydrogen) atoms. The minimum atomic E-state index is -4.12. The number of anilines is 1. The number of carbonyl (C=O) groups excluding carboxylic acids is 1. The first-order valence-electron chi connectivity index (χ1n) is 9.78. The summed E-state index contributed by atoms with van der Waals surface area (Å²) in [6.45, 7) is 0.167. The number of fused-ring (bicyclic) bond motifs is 1. The molecule has 6 nitrogen and oxygen atoms in total. The Balaban J connectivity index is 1.84. The van der Waals surface area contributed by atoms with E-state index in [1.807, 2.05) is 0 Å². The van der Waals surface area contributed by atoms with Crippen molar-refractivity contribution in [1.29, 1.82) is 0 Å². The van der Waals surface area contributed by atoms with E-state index in [2.05, 4.69) is 10.3 Å². The Morgan fingerprint density at radius 1 is 1.09 bits per heavy atom. The molecule has 10 heteroatoms. The molecule has 0 fully saturated rings. The van der Waals surface area contributed by atoms with Gasteiger partial charge >= 0.3 is 0 Å². The third kappa shape index (κ3) is 4.50. The number of aromatic nitrogens is 1. The predicted octanol–water partition coefficient (Wildman–Crippen LogP) is 4.49. The number of rotatable bonds is 6. The Morgan fingerprint density at radius 2 is 1.76 bits per heavy atom. The number of nitrogens with one attached hydrogen (secondary N) is 2. The fourth-order valence-electron chi connectivity index (χ4n) is 3.56. The summed E-state index contributed by atoms with van der Waals surface area (Å²) in [5, 5.41) is 3.17. The second-order valence-electron chi connectivity index (χ2n) is 7.32.